The summed E-state index contributed by atoms with van der Waals surface area (Å²) < 4.78 is 0. The number of carboxylic acid groups (broad SMARTS) is 1. The van der Waals surface area contributed by atoms with Crippen molar-refractivity contribution in [1.29, 1.82) is 0 Å². The normalized spacial score (nSPS) is 17.6. The Morgan fingerprint density at radius 2 is 1.95 bits per heavy atom. The van der Waals surface area contributed by atoms with Crippen molar-refractivity contribution in [2.24, 2.45) is 0 Å². The lowest BCUT2D eigenvalue weighted by molar-refractivity contribution is -0.138. The maximum absolute atomic E-state index is 12.4. The summed E-state index contributed by atoms with van der Waals surface area (Å²) in [7, 11) is 0. The van der Waals surface area contributed by atoms with Gasteiger partial charge in [0, 0.05) is 30.8 Å². The molecule has 1 aromatic carbocycles. The summed E-state index contributed by atoms with van der Waals surface area (Å²) in [6.07, 6.45) is 1.53. The average molecular weight is 290 g/mol. The molecule has 21 heavy (non-hydrogen) atoms. The first-order valence-electron chi connectivity index (χ1n) is 6.88. The largest absolute Gasteiger partial charge is 0.481 e. The monoisotopic (exact) mass is 290 g/mol. The van der Waals surface area contributed by atoms with Crippen LogP contribution in [-0.2, 0) is 9.59 Å². The maximum Gasteiger partial charge on any atom is 0.305 e. The first-order chi connectivity index (χ1) is 9.97. The number of anilines is 1. The van der Waals surface area contributed by atoms with Gasteiger partial charge in [0.05, 0.1) is 6.42 Å². The van der Waals surface area contributed by atoms with E-state index in [1.165, 1.54) is 6.92 Å². The molecule has 6 heteroatoms. The third-order valence-corrected chi connectivity index (χ3v) is 3.50. The topological polar surface area (TPSA) is 86.7 Å². The summed E-state index contributed by atoms with van der Waals surface area (Å²) in [6.45, 7) is 2.00. The summed E-state index contributed by atoms with van der Waals surface area (Å²) in [4.78, 5) is 35.8. The molecule has 2 amide bonds. The smallest absolute Gasteiger partial charge is 0.305 e. The van der Waals surface area contributed by atoms with E-state index in [2.05, 4.69) is 5.32 Å². The number of rotatable bonds is 4. The summed E-state index contributed by atoms with van der Waals surface area (Å²) in [6, 6.07) is 6.38. The van der Waals surface area contributed by atoms with Gasteiger partial charge in [-0.05, 0) is 37.1 Å². The second-order valence-electron chi connectivity index (χ2n) is 5.15. The van der Waals surface area contributed by atoms with E-state index in [0.717, 1.165) is 12.8 Å². The zero-order chi connectivity index (χ0) is 15.4. The molecule has 0 saturated carbocycles. The fourth-order valence-corrected chi connectivity index (χ4v) is 2.58. The summed E-state index contributed by atoms with van der Waals surface area (Å²) in [5.41, 5.74) is 1.13. The van der Waals surface area contributed by atoms with Crippen LogP contribution in [0.5, 0.6) is 0 Å². The minimum absolute atomic E-state index is 0.0181. The molecule has 0 aromatic heterocycles. The van der Waals surface area contributed by atoms with Gasteiger partial charge in [0.2, 0.25) is 5.91 Å². The van der Waals surface area contributed by atoms with Crippen molar-refractivity contribution in [2.45, 2.75) is 32.2 Å². The van der Waals surface area contributed by atoms with Gasteiger partial charge < -0.3 is 15.3 Å². The predicted molar refractivity (Wildman–Crippen MR) is 77.1 cm³/mol. The van der Waals surface area contributed by atoms with Crippen LogP contribution in [0.3, 0.4) is 0 Å². The van der Waals surface area contributed by atoms with E-state index in [9.17, 15) is 14.4 Å². The number of nitrogens with one attached hydrogen (secondary N) is 1. The lowest BCUT2D eigenvalue weighted by Crippen LogP contribution is -2.36. The molecule has 6 nitrogen and oxygen atoms in total. The molecule has 1 saturated heterocycles. The van der Waals surface area contributed by atoms with Gasteiger partial charge in [-0.2, -0.15) is 0 Å². The van der Waals surface area contributed by atoms with Crippen molar-refractivity contribution >= 4 is 23.5 Å². The van der Waals surface area contributed by atoms with Crippen LogP contribution in [0, 0.1) is 0 Å². The van der Waals surface area contributed by atoms with E-state index in [-0.39, 0.29) is 24.3 Å². The predicted octanol–water partition coefficient (Wildman–Crippen LogP) is 1.72. The fraction of sp³-hybridized carbons (Fsp3) is 0.400. The Bertz CT molecular complexity index is 553. The molecule has 0 spiro atoms. The Labute approximate surface area is 122 Å². The van der Waals surface area contributed by atoms with E-state index >= 15 is 0 Å². The lowest BCUT2D eigenvalue weighted by atomic mass is 10.1. The highest BCUT2D eigenvalue weighted by Gasteiger charge is 2.30. The first-order valence-corrected chi connectivity index (χ1v) is 6.88. The lowest BCUT2D eigenvalue weighted by Gasteiger charge is -2.23. The number of aliphatic carboxylic acids is 1. The number of hydrogen-bond acceptors (Lipinski definition) is 3. The van der Waals surface area contributed by atoms with Crippen LogP contribution < -0.4 is 5.32 Å². The third-order valence-electron chi connectivity index (χ3n) is 3.50. The van der Waals surface area contributed by atoms with E-state index in [0.29, 0.717) is 17.8 Å². The Hall–Kier alpha value is -2.37. The molecule has 1 aliphatic heterocycles. The Morgan fingerprint density at radius 3 is 2.52 bits per heavy atom. The highest BCUT2D eigenvalue weighted by Crippen LogP contribution is 2.23. The van der Waals surface area contributed by atoms with Gasteiger partial charge in [0.15, 0.2) is 0 Å². The Balaban J connectivity index is 2.08. The maximum atomic E-state index is 12.4. The zero-order valence-corrected chi connectivity index (χ0v) is 11.8. The van der Waals surface area contributed by atoms with Crippen LogP contribution >= 0.6 is 0 Å². The molecule has 2 N–H and O–H groups in total. The van der Waals surface area contributed by atoms with Gasteiger partial charge in [-0.3, -0.25) is 14.4 Å². The fourth-order valence-electron chi connectivity index (χ4n) is 2.58. The number of carbonyl (C=O) groups excluding carboxylic acids is 2. The number of likely N-dealkylation sites (tertiary alicyclic amines) is 1. The Kier molecular flexibility index (Phi) is 4.57. The van der Waals surface area contributed by atoms with E-state index < -0.39 is 5.97 Å². The van der Waals surface area contributed by atoms with Crippen LogP contribution in [0.15, 0.2) is 24.3 Å². The van der Waals surface area contributed by atoms with Crippen molar-refractivity contribution in [3.8, 4) is 0 Å². The minimum Gasteiger partial charge on any atom is -0.481 e. The molecule has 1 fully saturated rings. The average Bonchev–Trinajstić information content (AvgIpc) is 2.85. The standard InChI is InChI=1S/C15H18N2O4/c1-10(18)16-12-6-4-11(5-7-12)15(21)17-8-2-3-13(17)9-14(19)20/h4-7,13H,2-3,8-9H2,1H3,(H,16,18)(H,19,20). The van der Waals surface area contributed by atoms with Crippen LogP contribution in [0.25, 0.3) is 0 Å². The number of hydrogen-bond donors (Lipinski definition) is 2. The van der Waals surface area contributed by atoms with Gasteiger partial charge in [0.1, 0.15) is 0 Å². The number of carbonyl (C=O) groups is 3. The summed E-state index contributed by atoms with van der Waals surface area (Å²) >= 11 is 0. The van der Waals surface area contributed by atoms with Gasteiger partial charge in [-0.1, -0.05) is 0 Å². The number of amides is 2. The molecule has 112 valence electrons. The molecule has 1 aromatic rings. The van der Waals surface area contributed by atoms with Crippen LogP contribution in [0.2, 0.25) is 0 Å². The SMILES string of the molecule is CC(=O)Nc1ccc(C(=O)N2CCCC2CC(=O)O)cc1. The van der Waals surface area contributed by atoms with Crippen molar-refractivity contribution in [3.05, 3.63) is 29.8 Å². The molecule has 1 aliphatic rings. The van der Waals surface area contributed by atoms with E-state index in [1.54, 1.807) is 29.2 Å². The van der Waals surface area contributed by atoms with Crippen molar-refractivity contribution in [2.75, 3.05) is 11.9 Å². The number of carboxylic acids is 1. The molecule has 1 unspecified atom stereocenters. The van der Waals surface area contributed by atoms with Crippen LogP contribution in [-0.4, -0.2) is 40.4 Å². The molecule has 0 radical (unpaired) electrons. The second-order valence-corrected chi connectivity index (χ2v) is 5.15. The van der Waals surface area contributed by atoms with Crippen molar-refractivity contribution in [3.63, 3.8) is 0 Å². The second kappa shape index (κ2) is 6.39. The molecule has 2 rings (SSSR count). The van der Waals surface area contributed by atoms with Crippen molar-refractivity contribution < 1.29 is 19.5 Å². The first kappa shape index (κ1) is 15.0. The summed E-state index contributed by atoms with van der Waals surface area (Å²) in [5, 5.41) is 11.5. The quantitative estimate of drug-likeness (QED) is 0.884. The number of nitrogens with zero attached hydrogens (tertiary/aromatic N) is 1. The molecular weight excluding hydrogens is 272 g/mol. The third kappa shape index (κ3) is 3.81. The zero-order valence-electron chi connectivity index (χ0n) is 11.8. The van der Waals surface area contributed by atoms with Crippen LogP contribution in [0.1, 0.15) is 36.5 Å². The van der Waals surface area contributed by atoms with Crippen LogP contribution in [0.4, 0.5) is 5.69 Å². The van der Waals surface area contributed by atoms with Gasteiger partial charge >= 0.3 is 5.97 Å². The molecule has 1 atom stereocenters. The van der Waals surface area contributed by atoms with Gasteiger partial charge in [0.25, 0.3) is 5.91 Å². The van der Waals surface area contributed by atoms with E-state index in [1.807, 2.05) is 0 Å². The molecular formula is C15H18N2O4. The number of benzene rings is 1. The molecule has 0 bridgehead atoms. The highest BCUT2D eigenvalue weighted by molar-refractivity contribution is 5.96. The minimum atomic E-state index is -0.888. The van der Waals surface area contributed by atoms with E-state index in [4.69, 9.17) is 5.11 Å². The van der Waals surface area contributed by atoms with Gasteiger partial charge in [-0.25, -0.2) is 0 Å². The molecule has 0 aliphatic carbocycles. The highest BCUT2D eigenvalue weighted by atomic mass is 16.4. The Morgan fingerprint density at radius 1 is 1.29 bits per heavy atom. The van der Waals surface area contributed by atoms with Gasteiger partial charge in [-0.15, -0.1) is 0 Å². The van der Waals surface area contributed by atoms with Crippen molar-refractivity contribution in [1.82, 2.24) is 4.90 Å². The molecule has 1 heterocycles. The summed E-state index contributed by atoms with van der Waals surface area (Å²) in [5.74, 6) is -1.22.